The molecular formula is C12H19F. The van der Waals surface area contributed by atoms with Crippen molar-refractivity contribution >= 4 is 0 Å². The number of hydrogen-bond donors (Lipinski definition) is 0. The second-order valence-corrected chi connectivity index (χ2v) is 3.79. The van der Waals surface area contributed by atoms with Gasteiger partial charge in [0.05, 0.1) is 0 Å². The predicted molar refractivity (Wildman–Crippen MR) is 57.2 cm³/mol. The molecule has 0 atom stereocenters. The first-order valence-electron chi connectivity index (χ1n) is 4.56. The first-order chi connectivity index (χ1) is 5.86. The molecule has 0 aromatic heterocycles. The lowest BCUT2D eigenvalue weighted by Gasteiger charge is -2.06. The molecule has 74 valence electrons. The Morgan fingerprint density at radius 2 is 1.69 bits per heavy atom. The van der Waals surface area contributed by atoms with Crippen LogP contribution in [0.15, 0.2) is 35.2 Å². The van der Waals surface area contributed by atoms with Crippen LogP contribution in [0.1, 0.15) is 34.6 Å². The zero-order valence-corrected chi connectivity index (χ0v) is 9.24. The highest BCUT2D eigenvalue weighted by Crippen LogP contribution is 2.19. The third kappa shape index (κ3) is 4.07. The molecule has 0 radical (unpaired) electrons. The van der Waals surface area contributed by atoms with Crippen LogP contribution in [0.2, 0.25) is 0 Å². The molecule has 0 spiro atoms. The lowest BCUT2D eigenvalue weighted by atomic mass is 10.0. The molecule has 0 saturated heterocycles. The van der Waals surface area contributed by atoms with Gasteiger partial charge in [-0.05, 0) is 43.9 Å². The summed E-state index contributed by atoms with van der Waals surface area (Å²) >= 11 is 0. The Labute approximate surface area is 80.9 Å². The Morgan fingerprint density at radius 3 is 2.00 bits per heavy atom. The van der Waals surface area contributed by atoms with Gasteiger partial charge >= 0.3 is 0 Å². The average Bonchev–Trinajstić information content (AvgIpc) is 2.02. The summed E-state index contributed by atoms with van der Waals surface area (Å²) in [5.41, 5.74) is 2.60. The normalized spacial score (nSPS) is 14.5. The second-order valence-electron chi connectivity index (χ2n) is 3.79. The minimum atomic E-state index is -0.129. The first-order valence-corrected chi connectivity index (χ1v) is 4.56. The van der Waals surface area contributed by atoms with Crippen LogP contribution in [0.3, 0.4) is 0 Å². The Balaban J connectivity index is 4.81. The van der Waals surface area contributed by atoms with Crippen LogP contribution in [0.4, 0.5) is 4.39 Å². The summed E-state index contributed by atoms with van der Waals surface area (Å²) in [7, 11) is 0. The zero-order valence-electron chi connectivity index (χ0n) is 9.24. The highest BCUT2D eigenvalue weighted by molar-refractivity contribution is 5.32. The van der Waals surface area contributed by atoms with E-state index in [0.29, 0.717) is 0 Å². The Bertz CT molecular complexity index is 254. The van der Waals surface area contributed by atoms with E-state index < -0.39 is 0 Å². The number of halogens is 1. The second kappa shape index (κ2) is 5.00. The number of allylic oxidation sites excluding steroid dienone is 5. The summed E-state index contributed by atoms with van der Waals surface area (Å²) in [6.45, 7) is 13.3. The van der Waals surface area contributed by atoms with Crippen molar-refractivity contribution < 1.29 is 4.39 Å². The monoisotopic (exact) mass is 182 g/mol. The van der Waals surface area contributed by atoms with Gasteiger partial charge in [-0.15, -0.1) is 0 Å². The van der Waals surface area contributed by atoms with E-state index in [0.717, 1.165) is 16.7 Å². The molecule has 0 aliphatic heterocycles. The van der Waals surface area contributed by atoms with Crippen molar-refractivity contribution in [1.29, 1.82) is 0 Å². The predicted octanol–water partition coefficient (Wildman–Crippen LogP) is 4.41. The summed E-state index contributed by atoms with van der Waals surface area (Å²) < 4.78 is 13.4. The van der Waals surface area contributed by atoms with Crippen LogP contribution in [0.5, 0.6) is 0 Å². The third-order valence-electron chi connectivity index (χ3n) is 2.26. The average molecular weight is 182 g/mol. The molecule has 0 aliphatic carbocycles. The van der Waals surface area contributed by atoms with E-state index >= 15 is 0 Å². The lowest BCUT2D eigenvalue weighted by molar-refractivity contribution is 0.618. The minimum absolute atomic E-state index is 0.129. The van der Waals surface area contributed by atoms with Crippen LogP contribution >= 0.6 is 0 Å². The summed E-state index contributed by atoms with van der Waals surface area (Å²) in [6, 6.07) is 0. The van der Waals surface area contributed by atoms with E-state index in [1.54, 1.807) is 6.08 Å². The van der Waals surface area contributed by atoms with Crippen molar-refractivity contribution in [1.82, 2.24) is 0 Å². The molecular weight excluding hydrogens is 163 g/mol. The van der Waals surface area contributed by atoms with E-state index in [2.05, 4.69) is 6.58 Å². The maximum atomic E-state index is 13.4. The molecule has 0 heterocycles. The van der Waals surface area contributed by atoms with Crippen LogP contribution in [0.25, 0.3) is 0 Å². The van der Waals surface area contributed by atoms with E-state index in [1.165, 1.54) is 0 Å². The molecule has 0 amide bonds. The van der Waals surface area contributed by atoms with E-state index in [4.69, 9.17) is 0 Å². The highest BCUT2D eigenvalue weighted by Gasteiger charge is 2.03. The van der Waals surface area contributed by atoms with Crippen LogP contribution < -0.4 is 0 Å². The number of hydrogen-bond acceptors (Lipinski definition) is 0. The van der Waals surface area contributed by atoms with Crippen LogP contribution in [-0.2, 0) is 0 Å². The number of rotatable bonds is 3. The molecule has 0 bridgehead atoms. The van der Waals surface area contributed by atoms with Crippen molar-refractivity contribution in [2.24, 2.45) is 5.92 Å². The van der Waals surface area contributed by atoms with E-state index in [9.17, 15) is 4.39 Å². The largest absolute Gasteiger partial charge is 0.207 e. The standard InChI is InChI=1S/C12H19F/c1-8(2)10(5)7-12(13)11(6)9(3)4/h7,9H,1H2,2-6H3/b10-7-,12-11-. The third-order valence-corrected chi connectivity index (χ3v) is 2.26. The smallest absolute Gasteiger partial charge is 0.122 e. The van der Waals surface area contributed by atoms with Gasteiger partial charge in [0.1, 0.15) is 5.83 Å². The SMILES string of the molecule is C=C(C)/C(C)=C\C(F)=C(/C)C(C)C. The maximum absolute atomic E-state index is 13.4. The Morgan fingerprint density at radius 1 is 1.23 bits per heavy atom. The lowest BCUT2D eigenvalue weighted by Crippen LogP contribution is -1.91. The van der Waals surface area contributed by atoms with Gasteiger partial charge in [0.2, 0.25) is 0 Å². The molecule has 0 fully saturated rings. The maximum Gasteiger partial charge on any atom is 0.122 e. The summed E-state index contributed by atoms with van der Waals surface area (Å²) in [5, 5.41) is 0. The molecule has 0 aromatic carbocycles. The van der Waals surface area contributed by atoms with Crippen molar-refractivity contribution in [2.45, 2.75) is 34.6 Å². The summed E-state index contributed by atoms with van der Waals surface area (Å²) in [4.78, 5) is 0. The van der Waals surface area contributed by atoms with Gasteiger partial charge in [0, 0.05) is 0 Å². The quantitative estimate of drug-likeness (QED) is 0.567. The highest BCUT2D eigenvalue weighted by atomic mass is 19.1. The summed E-state index contributed by atoms with van der Waals surface area (Å²) in [6.07, 6.45) is 1.55. The van der Waals surface area contributed by atoms with Gasteiger partial charge in [-0.25, -0.2) is 4.39 Å². The fourth-order valence-corrected chi connectivity index (χ4v) is 0.703. The van der Waals surface area contributed by atoms with Crippen molar-refractivity contribution in [3.8, 4) is 0 Å². The molecule has 1 heteroatoms. The van der Waals surface area contributed by atoms with Gasteiger partial charge in [0.25, 0.3) is 0 Å². The van der Waals surface area contributed by atoms with E-state index in [1.807, 2.05) is 34.6 Å². The van der Waals surface area contributed by atoms with Gasteiger partial charge in [-0.3, -0.25) is 0 Å². The molecule has 0 N–H and O–H groups in total. The summed E-state index contributed by atoms with van der Waals surface area (Å²) in [5.74, 6) is 0.129. The molecule has 0 nitrogen and oxygen atoms in total. The van der Waals surface area contributed by atoms with Gasteiger partial charge in [-0.1, -0.05) is 26.0 Å². The van der Waals surface area contributed by atoms with Gasteiger partial charge in [-0.2, -0.15) is 0 Å². The molecule has 0 saturated carbocycles. The van der Waals surface area contributed by atoms with Crippen molar-refractivity contribution in [2.75, 3.05) is 0 Å². The van der Waals surface area contributed by atoms with Gasteiger partial charge in [0.15, 0.2) is 0 Å². The van der Waals surface area contributed by atoms with Gasteiger partial charge < -0.3 is 0 Å². The Hall–Kier alpha value is -0.850. The molecule has 13 heavy (non-hydrogen) atoms. The fraction of sp³-hybridized carbons (Fsp3) is 0.500. The van der Waals surface area contributed by atoms with Crippen molar-refractivity contribution in [3.63, 3.8) is 0 Å². The van der Waals surface area contributed by atoms with E-state index in [-0.39, 0.29) is 11.7 Å². The zero-order chi connectivity index (χ0) is 10.6. The molecule has 0 aliphatic rings. The topological polar surface area (TPSA) is 0 Å². The minimum Gasteiger partial charge on any atom is -0.207 e. The fourth-order valence-electron chi connectivity index (χ4n) is 0.703. The molecule has 0 rings (SSSR count). The molecule has 0 aromatic rings. The molecule has 0 unspecified atom stereocenters. The van der Waals surface area contributed by atoms with Crippen molar-refractivity contribution in [3.05, 3.63) is 35.2 Å². The van der Waals surface area contributed by atoms with Crippen LogP contribution in [-0.4, -0.2) is 0 Å². The Kier molecular flexibility index (Phi) is 4.68. The first kappa shape index (κ1) is 12.2. The van der Waals surface area contributed by atoms with Crippen LogP contribution in [0, 0.1) is 5.92 Å².